The molecule has 4 nitrogen and oxygen atoms in total. The van der Waals surface area contributed by atoms with Crippen molar-refractivity contribution in [2.45, 2.75) is 138 Å². The molecule has 0 spiro atoms. The van der Waals surface area contributed by atoms with Gasteiger partial charge in [-0.2, -0.15) is 0 Å². The first-order valence-corrected chi connectivity index (χ1v) is 18.5. The number of ether oxygens (including phenoxy) is 1. The summed E-state index contributed by atoms with van der Waals surface area (Å²) < 4.78 is 6.13. The number of rotatable bonds is 5. The van der Waals surface area contributed by atoms with E-state index in [1.165, 1.54) is 38.5 Å². The van der Waals surface area contributed by atoms with Gasteiger partial charge in [0.05, 0.1) is 5.41 Å². The molecule has 4 heteroatoms. The second kappa shape index (κ2) is 10.2. The van der Waals surface area contributed by atoms with Gasteiger partial charge in [0.2, 0.25) is 0 Å². The van der Waals surface area contributed by atoms with Crippen LogP contribution in [0.15, 0.2) is 22.3 Å². The van der Waals surface area contributed by atoms with Crippen LogP contribution in [0, 0.1) is 75.4 Å². The molecule has 0 heterocycles. The van der Waals surface area contributed by atoms with E-state index >= 15 is 0 Å². The summed E-state index contributed by atoms with van der Waals surface area (Å²) in [6.45, 7) is 20.0. The van der Waals surface area contributed by atoms with Gasteiger partial charge in [-0.3, -0.25) is 9.59 Å². The maximum Gasteiger partial charge on any atom is 0.309 e. The Morgan fingerprint density at radius 3 is 2.25 bits per heavy atom. The first-order chi connectivity index (χ1) is 20.7. The van der Waals surface area contributed by atoms with E-state index in [0.29, 0.717) is 53.3 Å². The smallest absolute Gasteiger partial charge is 0.309 e. The van der Waals surface area contributed by atoms with Crippen LogP contribution in [0.1, 0.15) is 132 Å². The van der Waals surface area contributed by atoms with Crippen molar-refractivity contribution in [3.05, 3.63) is 22.3 Å². The van der Waals surface area contributed by atoms with Gasteiger partial charge in [-0.1, -0.05) is 59.1 Å². The Morgan fingerprint density at radius 2 is 1.59 bits per heavy atom. The molecule has 0 radical (unpaired) electrons. The number of fused-ring (bicyclic) bond motifs is 6. The first kappa shape index (κ1) is 31.0. The van der Waals surface area contributed by atoms with E-state index in [4.69, 9.17) is 4.74 Å². The van der Waals surface area contributed by atoms with E-state index in [2.05, 4.69) is 55.4 Å². The van der Waals surface area contributed by atoms with Crippen LogP contribution < -0.4 is 0 Å². The molecule has 244 valence electrons. The lowest BCUT2D eigenvalue weighted by atomic mass is 9.35. The molecule has 0 aliphatic heterocycles. The highest BCUT2D eigenvalue weighted by atomic mass is 16.5. The lowest BCUT2D eigenvalue weighted by molar-refractivity contribution is -0.196. The fourth-order valence-electron chi connectivity index (χ4n) is 14.3. The van der Waals surface area contributed by atoms with E-state index < -0.39 is 17.0 Å². The summed E-state index contributed by atoms with van der Waals surface area (Å²) in [5, 5.41) is 10.8. The topological polar surface area (TPSA) is 63.6 Å². The number of carbonyl (C=O) groups excluding carboxylic acids is 1. The van der Waals surface area contributed by atoms with Crippen molar-refractivity contribution >= 4 is 12.4 Å². The van der Waals surface area contributed by atoms with Crippen LogP contribution in [0.25, 0.3) is 0 Å². The zero-order valence-electron chi connectivity index (χ0n) is 29.0. The van der Waals surface area contributed by atoms with Crippen molar-refractivity contribution in [2.24, 2.45) is 75.4 Å². The molecule has 44 heavy (non-hydrogen) atoms. The quantitative estimate of drug-likeness (QED) is 0.317. The zero-order valence-corrected chi connectivity index (χ0v) is 29.0. The molecule has 12 unspecified atom stereocenters. The average molecular weight is 605 g/mol. The third-order valence-electron chi connectivity index (χ3n) is 16.2. The highest BCUT2D eigenvalue weighted by Gasteiger charge is 2.68. The van der Waals surface area contributed by atoms with Crippen molar-refractivity contribution in [1.29, 1.82) is 0 Å². The van der Waals surface area contributed by atoms with Crippen molar-refractivity contribution in [2.75, 3.05) is 0 Å². The van der Waals surface area contributed by atoms with Crippen molar-refractivity contribution in [3.63, 3.8) is 0 Å². The fourth-order valence-corrected chi connectivity index (χ4v) is 14.3. The maximum atomic E-state index is 13.1. The number of aliphatic carboxylic acids is 1. The van der Waals surface area contributed by atoms with Crippen LogP contribution in [-0.4, -0.2) is 23.1 Å². The van der Waals surface area contributed by atoms with Gasteiger partial charge in [0.1, 0.15) is 5.60 Å². The van der Waals surface area contributed by atoms with E-state index in [9.17, 15) is 14.7 Å². The Hall–Kier alpha value is -1.58. The highest BCUT2D eigenvalue weighted by molar-refractivity contribution is 5.75. The van der Waals surface area contributed by atoms with Crippen LogP contribution in [0.2, 0.25) is 0 Å². The van der Waals surface area contributed by atoms with Gasteiger partial charge < -0.3 is 9.84 Å². The second-order valence-corrected chi connectivity index (χ2v) is 18.4. The zero-order chi connectivity index (χ0) is 31.6. The molecule has 0 aromatic rings. The number of carbonyl (C=O) groups is 2. The third-order valence-corrected chi connectivity index (χ3v) is 16.2. The minimum atomic E-state index is -0.651. The van der Waals surface area contributed by atoms with Crippen molar-refractivity contribution in [3.8, 4) is 0 Å². The van der Waals surface area contributed by atoms with Gasteiger partial charge in [0, 0.05) is 5.92 Å². The number of hydrogen-bond acceptors (Lipinski definition) is 3. The summed E-state index contributed by atoms with van der Waals surface area (Å²) >= 11 is 0. The van der Waals surface area contributed by atoms with Gasteiger partial charge in [0.25, 0.3) is 6.47 Å². The number of allylic oxidation sites excluding steroid dienone is 4. The molecule has 1 N–H and O–H groups in total. The molecule has 0 bridgehead atoms. The van der Waals surface area contributed by atoms with Gasteiger partial charge in [-0.15, -0.1) is 0 Å². The molecule has 0 amide bonds. The second-order valence-electron chi connectivity index (χ2n) is 18.4. The molecule has 0 aromatic heterocycles. The molecule has 0 aromatic carbocycles. The number of hydrogen-bond donors (Lipinski definition) is 1. The minimum absolute atomic E-state index is 0.0487. The van der Waals surface area contributed by atoms with Crippen LogP contribution in [0.3, 0.4) is 0 Å². The van der Waals surface area contributed by atoms with Gasteiger partial charge in [-0.05, 0) is 160 Å². The molecule has 4 fully saturated rings. The van der Waals surface area contributed by atoms with Crippen LogP contribution in [0.5, 0.6) is 0 Å². The summed E-state index contributed by atoms with van der Waals surface area (Å²) in [5.74, 6) is 4.43. The standard InChI is InChI=1S/C40H60O4/c1-22(2)24-11-13-28-32-26(19-30-37(28,5)15-9-17-39(30,7)36(42)43)27-20-31-38(6,16-10-18-40(31,8)44-21-41)29-14-12-25(23(3)4)35(33(27)29)34(24)32/h21-24,26-31,33H,9-20H2,1-8H3,(H,42,43). The van der Waals surface area contributed by atoms with Crippen LogP contribution in [0.4, 0.5) is 0 Å². The maximum absolute atomic E-state index is 13.1. The van der Waals surface area contributed by atoms with E-state index in [1.54, 1.807) is 22.3 Å². The van der Waals surface area contributed by atoms with E-state index in [0.717, 1.165) is 45.0 Å². The molecule has 7 rings (SSSR count). The lowest BCUT2D eigenvalue weighted by Crippen LogP contribution is -2.64. The lowest BCUT2D eigenvalue weighted by Gasteiger charge is -2.69. The predicted molar refractivity (Wildman–Crippen MR) is 175 cm³/mol. The Kier molecular flexibility index (Phi) is 7.20. The van der Waals surface area contributed by atoms with Crippen LogP contribution in [-0.2, 0) is 14.3 Å². The molecule has 7 aliphatic rings. The Labute approximate surface area is 267 Å². The Bertz CT molecular complexity index is 1290. The fraction of sp³-hybridized carbons (Fsp3) is 0.850. The van der Waals surface area contributed by atoms with Gasteiger partial charge in [0.15, 0.2) is 0 Å². The monoisotopic (exact) mass is 604 g/mol. The summed E-state index contributed by atoms with van der Waals surface area (Å²) in [4.78, 5) is 25.1. The summed E-state index contributed by atoms with van der Waals surface area (Å²) in [7, 11) is 0. The molecule has 12 atom stereocenters. The summed E-state index contributed by atoms with van der Waals surface area (Å²) in [5.41, 5.74) is 6.30. The summed E-state index contributed by atoms with van der Waals surface area (Å²) in [6, 6.07) is 0. The van der Waals surface area contributed by atoms with E-state index in [1.807, 2.05) is 0 Å². The highest BCUT2D eigenvalue weighted by Crippen LogP contribution is 2.74. The molecule has 0 saturated heterocycles. The minimum Gasteiger partial charge on any atom is -0.481 e. The third kappa shape index (κ3) is 3.93. The molecule has 4 saturated carbocycles. The number of carboxylic acid groups (broad SMARTS) is 1. The summed E-state index contributed by atoms with van der Waals surface area (Å²) in [6.07, 6.45) is 13.4. The molecule has 7 aliphatic carbocycles. The van der Waals surface area contributed by atoms with Crippen molar-refractivity contribution < 1.29 is 19.4 Å². The SMILES string of the molecule is CC(C)C1=C2C3=C4C(CC5C(C)(C(=O)O)CCCC5(C)C4CCC3C(C)C)C3CC4C(C)(OC=O)CCCC4(C)C(CC1)C23. The van der Waals surface area contributed by atoms with E-state index in [-0.39, 0.29) is 16.7 Å². The Morgan fingerprint density at radius 1 is 0.886 bits per heavy atom. The predicted octanol–water partition coefficient (Wildman–Crippen LogP) is 9.63. The average Bonchev–Trinajstić information content (AvgIpc) is 2.96. The molecular weight excluding hydrogens is 544 g/mol. The first-order valence-electron chi connectivity index (χ1n) is 18.5. The van der Waals surface area contributed by atoms with Gasteiger partial charge in [-0.25, -0.2) is 0 Å². The number of carboxylic acids is 1. The van der Waals surface area contributed by atoms with Crippen LogP contribution >= 0.6 is 0 Å². The van der Waals surface area contributed by atoms with Gasteiger partial charge >= 0.3 is 5.97 Å². The normalized spacial score (nSPS) is 49.6. The largest absolute Gasteiger partial charge is 0.481 e. The molecular formula is C40H60O4. The van der Waals surface area contributed by atoms with Crippen molar-refractivity contribution in [1.82, 2.24) is 0 Å². The Balaban J connectivity index is 1.49.